The van der Waals surface area contributed by atoms with Crippen LogP contribution in [0.1, 0.15) is 56.6 Å². The Bertz CT molecular complexity index is 974. The fraction of sp³-hybridized carbons (Fsp3) is 0.476. The standard InChI is InChI=1S/C21H27BrN2O5/c1-6-21(5,11-20(3,4)22)24-12(2)16(18(27)19(23)28)17-13(24)8-7-9-14(17)29-10-15(25)26/h7-9H,6,10-11H2,1-5H3,(H2,23,28)(H,25,26). The molecule has 8 heteroatoms. The number of nitrogens with two attached hydrogens (primary N) is 1. The summed E-state index contributed by atoms with van der Waals surface area (Å²) in [4.78, 5) is 35.5. The van der Waals surface area contributed by atoms with E-state index in [-0.39, 0.29) is 15.6 Å². The molecular weight excluding hydrogens is 440 g/mol. The lowest BCUT2D eigenvalue weighted by Crippen LogP contribution is -2.36. The van der Waals surface area contributed by atoms with Crippen molar-refractivity contribution in [1.82, 2.24) is 4.57 Å². The van der Waals surface area contributed by atoms with Gasteiger partial charge >= 0.3 is 5.97 Å². The normalized spacial score (nSPS) is 13.9. The number of carbonyl (C=O) groups is 3. The molecule has 0 bridgehead atoms. The second-order valence-electron chi connectivity index (χ2n) is 8.07. The molecule has 0 fully saturated rings. The third kappa shape index (κ3) is 4.63. The first kappa shape index (κ1) is 22.9. The summed E-state index contributed by atoms with van der Waals surface area (Å²) in [6, 6.07) is 5.16. The van der Waals surface area contributed by atoms with E-state index < -0.39 is 29.8 Å². The smallest absolute Gasteiger partial charge is 0.341 e. The Kier molecular flexibility index (Phi) is 6.47. The number of halogens is 1. The maximum absolute atomic E-state index is 12.7. The van der Waals surface area contributed by atoms with Crippen LogP contribution in [0.5, 0.6) is 5.75 Å². The van der Waals surface area contributed by atoms with Crippen molar-refractivity contribution in [2.24, 2.45) is 5.73 Å². The minimum absolute atomic E-state index is 0.153. The van der Waals surface area contributed by atoms with Gasteiger partial charge in [-0.05, 0) is 52.7 Å². The number of nitrogens with zero attached hydrogens (tertiary/aromatic N) is 1. The van der Waals surface area contributed by atoms with E-state index in [1.807, 2.05) is 10.6 Å². The molecule has 158 valence electrons. The Morgan fingerprint density at radius 1 is 1.24 bits per heavy atom. The second kappa shape index (κ2) is 8.18. The SMILES string of the molecule is CCC(C)(CC(C)(C)Br)n1c(C)c(C(=O)C(N)=O)c2c(OCC(=O)O)cccc21. The summed E-state index contributed by atoms with van der Waals surface area (Å²) in [5.74, 6) is -2.80. The van der Waals surface area contributed by atoms with Crippen LogP contribution >= 0.6 is 15.9 Å². The van der Waals surface area contributed by atoms with Gasteiger partial charge in [0, 0.05) is 15.6 Å². The van der Waals surface area contributed by atoms with Gasteiger partial charge in [0.25, 0.3) is 11.7 Å². The monoisotopic (exact) mass is 466 g/mol. The highest BCUT2D eigenvalue weighted by molar-refractivity contribution is 9.10. The van der Waals surface area contributed by atoms with Crippen LogP contribution < -0.4 is 10.5 Å². The minimum atomic E-state index is -1.14. The van der Waals surface area contributed by atoms with Crippen molar-refractivity contribution in [1.29, 1.82) is 0 Å². The number of benzene rings is 1. The molecule has 0 aliphatic heterocycles. The largest absolute Gasteiger partial charge is 0.481 e. The van der Waals surface area contributed by atoms with Gasteiger partial charge in [-0.3, -0.25) is 9.59 Å². The molecule has 2 rings (SSSR count). The predicted molar refractivity (Wildman–Crippen MR) is 115 cm³/mol. The number of Topliss-reactive ketones (excluding diaryl/α,β-unsaturated/α-hetero) is 1. The number of ketones is 1. The maximum atomic E-state index is 12.7. The van der Waals surface area contributed by atoms with E-state index in [1.54, 1.807) is 19.1 Å². The van der Waals surface area contributed by atoms with E-state index in [9.17, 15) is 14.4 Å². The fourth-order valence-corrected chi connectivity index (χ4v) is 4.66. The molecule has 7 nitrogen and oxygen atoms in total. The number of aromatic nitrogens is 1. The van der Waals surface area contributed by atoms with Crippen LogP contribution in [-0.2, 0) is 15.1 Å². The molecule has 0 aliphatic rings. The molecule has 1 aromatic heterocycles. The average molecular weight is 467 g/mol. The molecule has 29 heavy (non-hydrogen) atoms. The second-order valence-corrected chi connectivity index (χ2v) is 10.2. The van der Waals surface area contributed by atoms with Crippen molar-refractivity contribution in [2.75, 3.05) is 6.61 Å². The van der Waals surface area contributed by atoms with Gasteiger partial charge in [0.15, 0.2) is 6.61 Å². The van der Waals surface area contributed by atoms with E-state index in [0.717, 1.165) is 12.8 Å². The number of carbonyl (C=O) groups excluding carboxylic acids is 2. The number of amides is 1. The van der Waals surface area contributed by atoms with Gasteiger partial charge in [0.1, 0.15) is 5.75 Å². The van der Waals surface area contributed by atoms with Crippen molar-refractivity contribution < 1.29 is 24.2 Å². The van der Waals surface area contributed by atoms with Crippen molar-refractivity contribution in [2.45, 2.75) is 57.3 Å². The lowest BCUT2D eigenvalue weighted by atomic mass is 9.87. The number of carboxylic acids is 1. The zero-order valence-corrected chi connectivity index (χ0v) is 18.9. The number of aliphatic carboxylic acids is 1. The number of primary amides is 1. The number of carboxylic acid groups (broad SMARTS) is 1. The van der Waals surface area contributed by atoms with Gasteiger partial charge in [-0.2, -0.15) is 0 Å². The molecule has 1 heterocycles. The van der Waals surface area contributed by atoms with Crippen LogP contribution in [0.3, 0.4) is 0 Å². The minimum Gasteiger partial charge on any atom is -0.481 e. The summed E-state index contributed by atoms with van der Waals surface area (Å²) in [5, 5.41) is 9.40. The van der Waals surface area contributed by atoms with Gasteiger partial charge in [-0.1, -0.05) is 28.9 Å². The topological polar surface area (TPSA) is 112 Å². The van der Waals surface area contributed by atoms with Crippen molar-refractivity contribution in [3.8, 4) is 5.75 Å². The molecule has 0 aliphatic carbocycles. The lowest BCUT2D eigenvalue weighted by molar-refractivity contribution is -0.139. The maximum Gasteiger partial charge on any atom is 0.341 e. The number of hydrogen-bond donors (Lipinski definition) is 2. The Balaban J connectivity index is 2.89. The summed E-state index contributed by atoms with van der Waals surface area (Å²) in [6.45, 7) is 9.49. The van der Waals surface area contributed by atoms with Crippen LogP contribution in [-0.4, -0.2) is 38.3 Å². The van der Waals surface area contributed by atoms with E-state index in [2.05, 4.69) is 43.6 Å². The first-order valence-corrected chi connectivity index (χ1v) is 10.1. The molecular formula is C21H27BrN2O5. The van der Waals surface area contributed by atoms with E-state index >= 15 is 0 Å². The fourth-order valence-electron chi connectivity index (χ4n) is 4.05. The molecule has 0 spiro atoms. The van der Waals surface area contributed by atoms with Gasteiger partial charge in [0.2, 0.25) is 0 Å². The van der Waals surface area contributed by atoms with E-state index in [1.165, 1.54) is 0 Å². The molecule has 0 radical (unpaired) electrons. The number of ether oxygens (including phenoxy) is 1. The molecule has 1 unspecified atom stereocenters. The lowest BCUT2D eigenvalue weighted by Gasteiger charge is -2.37. The summed E-state index contributed by atoms with van der Waals surface area (Å²) >= 11 is 3.71. The Hall–Kier alpha value is -2.35. The molecule has 2 aromatic rings. The molecule has 1 aromatic carbocycles. The summed E-state index contributed by atoms with van der Waals surface area (Å²) in [6.07, 6.45) is 1.50. The van der Waals surface area contributed by atoms with Gasteiger partial charge in [-0.25, -0.2) is 4.79 Å². The van der Waals surface area contributed by atoms with Crippen LogP contribution in [0.4, 0.5) is 0 Å². The highest BCUT2D eigenvalue weighted by Crippen LogP contribution is 2.42. The third-order valence-corrected chi connectivity index (χ3v) is 5.38. The Morgan fingerprint density at radius 2 is 1.86 bits per heavy atom. The molecule has 1 amide bonds. The Labute approximate surface area is 178 Å². The van der Waals surface area contributed by atoms with Crippen LogP contribution in [0.2, 0.25) is 0 Å². The highest BCUT2D eigenvalue weighted by atomic mass is 79.9. The molecule has 1 atom stereocenters. The molecule has 0 saturated carbocycles. The molecule has 0 saturated heterocycles. The quantitative estimate of drug-likeness (QED) is 0.331. The summed E-state index contributed by atoms with van der Waals surface area (Å²) in [5.41, 5.74) is 6.36. The van der Waals surface area contributed by atoms with Gasteiger partial charge < -0.3 is 20.1 Å². The van der Waals surface area contributed by atoms with E-state index in [4.69, 9.17) is 15.6 Å². The molecule has 3 N–H and O–H groups in total. The number of alkyl halides is 1. The zero-order chi connectivity index (χ0) is 22.1. The van der Waals surface area contributed by atoms with Crippen molar-refractivity contribution >= 4 is 44.5 Å². The number of fused-ring (bicyclic) bond motifs is 1. The van der Waals surface area contributed by atoms with Gasteiger partial charge in [-0.15, -0.1) is 0 Å². The van der Waals surface area contributed by atoms with Crippen LogP contribution in [0, 0.1) is 6.92 Å². The zero-order valence-electron chi connectivity index (χ0n) is 17.3. The first-order valence-electron chi connectivity index (χ1n) is 9.34. The first-order chi connectivity index (χ1) is 13.3. The average Bonchev–Trinajstić information content (AvgIpc) is 2.90. The van der Waals surface area contributed by atoms with E-state index in [0.29, 0.717) is 16.6 Å². The Morgan fingerprint density at radius 3 is 2.34 bits per heavy atom. The van der Waals surface area contributed by atoms with Crippen LogP contribution in [0.15, 0.2) is 18.2 Å². The van der Waals surface area contributed by atoms with Crippen molar-refractivity contribution in [3.63, 3.8) is 0 Å². The van der Waals surface area contributed by atoms with Crippen LogP contribution in [0.25, 0.3) is 10.9 Å². The highest BCUT2D eigenvalue weighted by Gasteiger charge is 2.36. The van der Waals surface area contributed by atoms with Crippen molar-refractivity contribution in [3.05, 3.63) is 29.5 Å². The predicted octanol–water partition coefficient (Wildman–Crippen LogP) is 3.77. The van der Waals surface area contributed by atoms with Gasteiger partial charge in [0.05, 0.1) is 16.5 Å². The number of hydrogen-bond acceptors (Lipinski definition) is 4. The number of rotatable bonds is 9. The third-order valence-electron chi connectivity index (χ3n) is 5.10. The summed E-state index contributed by atoms with van der Waals surface area (Å²) < 4.78 is 7.30. The summed E-state index contributed by atoms with van der Waals surface area (Å²) in [7, 11) is 0.